The van der Waals surface area contributed by atoms with Gasteiger partial charge >= 0.3 is 0 Å². The molecule has 1 amide bonds. The quantitative estimate of drug-likeness (QED) is 0.887. The molecule has 0 saturated carbocycles. The fraction of sp³-hybridized carbons (Fsp3) is 0.545. The summed E-state index contributed by atoms with van der Waals surface area (Å²) in [7, 11) is 0. The Morgan fingerprint density at radius 3 is 2.93 bits per heavy atom. The van der Waals surface area contributed by atoms with Gasteiger partial charge in [-0.15, -0.1) is 0 Å². The van der Waals surface area contributed by atoms with E-state index in [0.717, 1.165) is 25.9 Å². The minimum Gasteiger partial charge on any atom is -0.370 e. The third-order valence-corrected chi connectivity index (χ3v) is 5.95. The van der Waals surface area contributed by atoms with E-state index in [1.807, 2.05) is 28.8 Å². The van der Waals surface area contributed by atoms with Crippen molar-refractivity contribution in [3.8, 4) is 0 Å². The molecule has 0 radical (unpaired) electrons. The van der Waals surface area contributed by atoms with Crippen LogP contribution in [0.15, 0.2) is 30.5 Å². The van der Waals surface area contributed by atoms with Crippen LogP contribution in [0, 0.1) is 13.8 Å². The fourth-order valence-corrected chi connectivity index (χ4v) is 4.20. The second-order valence-electron chi connectivity index (χ2n) is 8.17. The average Bonchev–Trinajstić information content (AvgIpc) is 3.21. The Morgan fingerprint density at radius 2 is 2.14 bits per heavy atom. The van der Waals surface area contributed by atoms with Gasteiger partial charge in [0.05, 0.1) is 25.2 Å². The smallest absolute Gasteiger partial charge is 0.274 e. The first kappa shape index (κ1) is 19.2. The summed E-state index contributed by atoms with van der Waals surface area (Å²) in [6.45, 7) is 9.30. The monoisotopic (exact) mass is 382 g/mol. The summed E-state index contributed by atoms with van der Waals surface area (Å²) in [5, 5.41) is 8.02. The highest BCUT2D eigenvalue weighted by molar-refractivity contribution is 5.92. The third-order valence-electron chi connectivity index (χ3n) is 5.95. The predicted molar refractivity (Wildman–Crippen MR) is 108 cm³/mol. The lowest BCUT2D eigenvalue weighted by atomic mass is 9.98. The van der Waals surface area contributed by atoms with Gasteiger partial charge in [0, 0.05) is 12.7 Å². The van der Waals surface area contributed by atoms with E-state index in [2.05, 4.69) is 42.5 Å². The number of nitrogens with one attached hydrogen (secondary N) is 1. The molecular weight excluding hydrogens is 352 g/mol. The molecule has 0 aliphatic carbocycles. The maximum atomic E-state index is 13.2. The molecule has 3 unspecified atom stereocenters. The van der Waals surface area contributed by atoms with Gasteiger partial charge in [-0.25, -0.2) is 0 Å². The van der Waals surface area contributed by atoms with Crippen molar-refractivity contribution in [1.82, 2.24) is 20.0 Å². The van der Waals surface area contributed by atoms with E-state index in [9.17, 15) is 4.79 Å². The van der Waals surface area contributed by atoms with Gasteiger partial charge in [0.15, 0.2) is 0 Å². The van der Waals surface area contributed by atoms with Gasteiger partial charge in [0.1, 0.15) is 11.8 Å². The number of carbonyl (C=O) groups excluding carboxylic acids is 1. The molecule has 2 saturated heterocycles. The van der Waals surface area contributed by atoms with Crippen molar-refractivity contribution in [2.24, 2.45) is 0 Å². The Kier molecular flexibility index (Phi) is 5.51. The van der Waals surface area contributed by atoms with Crippen molar-refractivity contribution in [1.29, 1.82) is 0 Å². The Morgan fingerprint density at radius 1 is 1.29 bits per heavy atom. The number of amides is 1. The number of aromatic nitrogens is 2. The van der Waals surface area contributed by atoms with Crippen molar-refractivity contribution >= 4 is 5.91 Å². The van der Waals surface area contributed by atoms with Crippen molar-refractivity contribution in [3.63, 3.8) is 0 Å². The van der Waals surface area contributed by atoms with Gasteiger partial charge in [-0.1, -0.05) is 23.8 Å². The number of nitrogens with zero attached hydrogens (tertiary/aromatic N) is 3. The Hall–Kier alpha value is -2.18. The molecule has 1 aromatic heterocycles. The number of morpholine rings is 1. The standard InChI is InChI=1S/C22H30N4O2/c1-15-6-7-16(2)19(11-15)21-13-25(17(3)14-28-21)22(27)20-8-10-26(24-20)18-5-4-9-23-12-18/h6-8,10-11,17-18,21,23H,4-5,9,12-14H2,1-3H3. The SMILES string of the molecule is Cc1ccc(C)c(C2CN(C(=O)c3ccn(C4CCCNC4)n3)C(C)CO2)c1. The van der Waals surface area contributed by atoms with Crippen LogP contribution in [-0.4, -0.2) is 52.9 Å². The highest BCUT2D eigenvalue weighted by Gasteiger charge is 2.33. The lowest BCUT2D eigenvalue weighted by molar-refractivity contribution is -0.0491. The number of benzene rings is 1. The molecule has 1 N–H and O–H groups in total. The van der Waals surface area contributed by atoms with E-state index in [-0.39, 0.29) is 18.1 Å². The van der Waals surface area contributed by atoms with Gasteiger partial charge in [-0.2, -0.15) is 5.10 Å². The van der Waals surface area contributed by atoms with Crippen LogP contribution in [0.25, 0.3) is 0 Å². The summed E-state index contributed by atoms with van der Waals surface area (Å²) in [5.41, 5.74) is 4.11. The fourth-order valence-electron chi connectivity index (χ4n) is 4.20. The largest absolute Gasteiger partial charge is 0.370 e. The Bertz CT molecular complexity index is 841. The normalized spacial score (nSPS) is 25.7. The lowest BCUT2D eigenvalue weighted by Gasteiger charge is -2.38. The van der Waals surface area contributed by atoms with E-state index in [1.165, 1.54) is 16.7 Å². The Balaban J connectivity index is 1.51. The number of aryl methyl sites for hydroxylation is 2. The van der Waals surface area contributed by atoms with Crippen LogP contribution in [0.4, 0.5) is 0 Å². The lowest BCUT2D eigenvalue weighted by Crippen LogP contribution is -2.48. The molecule has 150 valence electrons. The first-order chi connectivity index (χ1) is 13.5. The number of piperidine rings is 1. The molecule has 2 aliphatic rings. The second kappa shape index (κ2) is 8.05. The third kappa shape index (κ3) is 3.84. The van der Waals surface area contributed by atoms with Crippen LogP contribution in [0.1, 0.15) is 59.1 Å². The zero-order valence-electron chi connectivity index (χ0n) is 17.0. The van der Waals surface area contributed by atoms with Crippen LogP contribution in [0.2, 0.25) is 0 Å². The summed E-state index contributed by atoms with van der Waals surface area (Å²) in [5.74, 6) is -0.00590. The molecule has 2 aliphatic heterocycles. The number of rotatable bonds is 3. The zero-order valence-corrected chi connectivity index (χ0v) is 17.0. The predicted octanol–water partition coefficient (Wildman–Crippen LogP) is 3.03. The molecule has 6 heteroatoms. The summed E-state index contributed by atoms with van der Waals surface area (Å²) < 4.78 is 8.05. The van der Waals surface area contributed by atoms with Crippen molar-refractivity contribution < 1.29 is 9.53 Å². The molecule has 0 spiro atoms. The molecule has 2 aromatic rings. The summed E-state index contributed by atoms with van der Waals surface area (Å²) >= 11 is 0. The topological polar surface area (TPSA) is 59.4 Å². The number of ether oxygens (including phenoxy) is 1. The van der Waals surface area contributed by atoms with E-state index < -0.39 is 0 Å². The number of hydrogen-bond acceptors (Lipinski definition) is 4. The van der Waals surface area contributed by atoms with Crippen LogP contribution in [-0.2, 0) is 4.74 Å². The molecule has 3 atom stereocenters. The summed E-state index contributed by atoms with van der Waals surface area (Å²) in [6.07, 6.45) is 4.10. The minimum absolute atomic E-state index is 0.00590. The van der Waals surface area contributed by atoms with Gasteiger partial charge in [0.2, 0.25) is 0 Å². The van der Waals surface area contributed by atoms with Crippen molar-refractivity contribution in [2.45, 2.75) is 51.8 Å². The molecule has 4 rings (SSSR count). The first-order valence-electron chi connectivity index (χ1n) is 10.3. The highest BCUT2D eigenvalue weighted by Crippen LogP contribution is 2.29. The number of carbonyl (C=O) groups is 1. The Labute approximate surface area is 166 Å². The molecule has 6 nitrogen and oxygen atoms in total. The van der Waals surface area contributed by atoms with Crippen molar-refractivity contribution in [3.05, 3.63) is 52.8 Å². The van der Waals surface area contributed by atoms with Crippen LogP contribution >= 0.6 is 0 Å². The maximum absolute atomic E-state index is 13.2. The molecule has 0 bridgehead atoms. The van der Waals surface area contributed by atoms with Gasteiger partial charge in [-0.3, -0.25) is 9.48 Å². The maximum Gasteiger partial charge on any atom is 0.274 e. The summed E-state index contributed by atoms with van der Waals surface area (Å²) in [4.78, 5) is 15.1. The van der Waals surface area contributed by atoms with Crippen LogP contribution in [0.3, 0.4) is 0 Å². The van der Waals surface area contributed by atoms with Gasteiger partial charge < -0.3 is 15.0 Å². The molecular formula is C22H30N4O2. The van der Waals surface area contributed by atoms with Crippen LogP contribution in [0.5, 0.6) is 0 Å². The van der Waals surface area contributed by atoms with E-state index in [1.54, 1.807) is 0 Å². The zero-order chi connectivity index (χ0) is 19.7. The van der Waals surface area contributed by atoms with Gasteiger partial charge in [-0.05, 0) is 57.4 Å². The van der Waals surface area contributed by atoms with Crippen molar-refractivity contribution in [2.75, 3.05) is 26.2 Å². The second-order valence-corrected chi connectivity index (χ2v) is 8.17. The van der Waals surface area contributed by atoms with E-state index >= 15 is 0 Å². The first-order valence-corrected chi connectivity index (χ1v) is 10.3. The molecule has 3 heterocycles. The van der Waals surface area contributed by atoms with Crippen LogP contribution < -0.4 is 5.32 Å². The number of hydrogen-bond donors (Lipinski definition) is 1. The molecule has 28 heavy (non-hydrogen) atoms. The van der Waals surface area contributed by atoms with E-state index in [0.29, 0.717) is 24.9 Å². The van der Waals surface area contributed by atoms with Gasteiger partial charge in [0.25, 0.3) is 5.91 Å². The minimum atomic E-state index is -0.0929. The summed E-state index contributed by atoms with van der Waals surface area (Å²) in [6, 6.07) is 8.63. The highest BCUT2D eigenvalue weighted by atomic mass is 16.5. The van der Waals surface area contributed by atoms with E-state index in [4.69, 9.17) is 4.74 Å². The molecule has 2 fully saturated rings. The average molecular weight is 383 g/mol. The molecule has 1 aromatic carbocycles.